The van der Waals surface area contributed by atoms with E-state index >= 15 is 0 Å². The van der Waals surface area contributed by atoms with Crippen LogP contribution in [-0.4, -0.2) is 96.7 Å². The Hall–Kier alpha value is -4.71. The Labute approximate surface area is 329 Å². The van der Waals surface area contributed by atoms with Gasteiger partial charge in [0.1, 0.15) is 29.5 Å². The molecule has 4 N–H and O–H groups in total. The Bertz CT molecular complexity index is 2250. The third kappa shape index (κ3) is 7.56. The van der Waals surface area contributed by atoms with Gasteiger partial charge < -0.3 is 34.7 Å². The molecule has 2 saturated carbocycles. The third-order valence-corrected chi connectivity index (χ3v) is 12.9. The molecule has 4 amide bonds. The quantitative estimate of drug-likeness (QED) is 0.154. The molecule has 0 spiro atoms. The van der Waals surface area contributed by atoms with Gasteiger partial charge in [-0.1, -0.05) is 44.5 Å². The van der Waals surface area contributed by atoms with Gasteiger partial charge in [-0.3, -0.25) is 23.9 Å². The van der Waals surface area contributed by atoms with Gasteiger partial charge in [0, 0.05) is 33.7 Å². The molecule has 7 rings (SSSR count). The summed E-state index contributed by atoms with van der Waals surface area (Å²) >= 11 is 6.35. The molecule has 18 heteroatoms. The van der Waals surface area contributed by atoms with Crippen molar-refractivity contribution in [1.29, 1.82) is 0 Å². The van der Waals surface area contributed by atoms with Crippen molar-refractivity contribution in [2.75, 3.05) is 13.7 Å². The smallest absolute Gasteiger partial charge is 0.491 e. The number of methoxy groups -OCH3 is 1. The van der Waals surface area contributed by atoms with Crippen molar-refractivity contribution in [3.8, 4) is 11.6 Å². The highest BCUT2D eigenvalue weighted by atomic mass is 35.5. The van der Waals surface area contributed by atoms with E-state index in [1.54, 1.807) is 51.1 Å². The molecule has 1 saturated heterocycles. The first-order valence-electron chi connectivity index (χ1n) is 18.3. The number of fused-ring (bicyclic) bond motifs is 2. The Kier molecular flexibility index (Phi) is 10.3. The van der Waals surface area contributed by atoms with Crippen molar-refractivity contribution in [3.63, 3.8) is 0 Å². The van der Waals surface area contributed by atoms with Crippen LogP contribution in [0.4, 0.5) is 0 Å². The maximum Gasteiger partial charge on any atom is 0.491 e. The van der Waals surface area contributed by atoms with E-state index in [4.69, 9.17) is 25.7 Å². The molecule has 2 aliphatic heterocycles. The fraction of sp³-hybridized carbons (Fsp3) is 0.447. The zero-order chi connectivity index (χ0) is 40.3. The van der Waals surface area contributed by atoms with Crippen LogP contribution in [0.3, 0.4) is 0 Å². The summed E-state index contributed by atoms with van der Waals surface area (Å²) in [5.41, 5.74) is -1.09. The number of carbonyl (C=O) groups is 4. The maximum atomic E-state index is 14.7. The Morgan fingerprint density at radius 2 is 1.91 bits per heavy atom. The van der Waals surface area contributed by atoms with Crippen molar-refractivity contribution >= 4 is 68.6 Å². The van der Waals surface area contributed by atoms with Gasteiger partial charge in [-0.05, 0) is 66.0 Å². The number of aromatic nitrogens is 1. The number of carbonyl (C=O) groups excluding carboxylic acids is 4. The van der Waals surface area contributed by atoms with E-state index in [1.807, 2.05) is 0 Å². The van der Waals surface area contributed by atoms with Gasteiger partial charge in [-0.2, -0.15) is 0 Å². The lowest BCUT2D eigenvalue weighted by Gasteiger charge is -2.35. The van der Waals surface area contributed by atoms with Crippen LogP contribution in [-0.2, 0) is 35.7 Å². The van der Waals surface area contributed by atoms with Crippen LogP contribution in [0.2, 0.25) is 5.02 Å². The number of hydrogen-bond acceptors (Lipinski definition) is 11. The van der Waals surface area contributed by atoms with E-state index in [-0.39, 0.29) is 37.4 Å². The first-order chi connectivity index (χ1) is 26.4. The molecular formula is C38H43BClN5O10S. The number of pyridine rings is 1. The van der Waals surface area contributed by atoms with Crippen LogP contribution in [0.1, 0.15) is 62.4 Å². The fourth-order valence-corrected chi connectivity index (χ4v) is 8.89. The van der Waals surface area contributed by atoms with E-state index in [2.05, 4.69) is 26.9 Å². The van der Waals surface area contributed by atoms with Crippen LogP contribution in [0.15, 0.2) is 55.3 Å². The number of sulfonamides is 1. The van der Waals surface area contributed by atoms with Crippen molar-refractivity contribution in [3.05, 3.63) is 71.4 Å². The summed E-state index contributed by atoms with van der Waals surface area (Å²) in [6.45, 7) is 9.16. The molecule has 3 aromatic rings. The molecule has 0 radical (unpaired) electrons. The summed E-state index contributed by atoms with van der Waals surface area (Å²) in [5, 5.41) is 16.8. The second-order valence-corrected chi connectivity index (χ2v) is 18.2. The predicted molar refractivity (Wildman–Crippen MR) is 207 cm³/mol. The predicted octanol–water partition coefficient (Wildman–Crippen LogP) is 1.98. The number of likely N-dealkylation sites (tertiary alicyclic amines) is 1. The van der Waals surface area contributed by atoms with E-state index in [0.717, 1.165) is 5.56 Å². The van der Waals surface area contributed by atoms with Crippen LogP contribution in [0, 0.1) is 11.3 Å². The van der Waals surface area contributed by atoms with Gasteiger partial charge in [0.15, 0.2) is 0 Å². The van der Waals surface area contributed by atoms with Crippen molar-refractivity contribution in [2.24, 2.45) is 11.3 Å². The van der Waals surface area contributed by atoms with Crippen LogP contribution >= 0.6 is 11.6 Å². The van der Waals surface area contributed by atoms with Crippen molar-refractivity contribution in [2.45, 2.75) is 82.0 Å². The van der Waals surface area contributed by atoms with Gasteiger partial charge in [-0.15, -0.1) is 6.58 Å². The molecule has 0 unspecified atom stereocenters. The molecular weight excluding hydrogens is 765 g/mol. The monoisotopic (exact) mass is 807 g/mol. The van der Waals surface area contributed by atoms with Crippen LogP contribution < -0.4 is 30.3 Å². The molecule has 4 aliphatic rings. The lowest BCUT2D eigenvalue weighted by molar-refractivity contribution is -0.142. The molecule has 2 aromatic carbocycles. The lowest BCUT2D eigenvalue weighted by atomic mass is 9.78. The number of ether oxygens (including phenoxy) is 2. The number of nitrogens with one attached hydrogen (secondary N) is 3. The zero-order valence-corrected chi connectivity index (χ0v) is 32.9. The summed E-state index contributed by atoms with van der Waals surface area (Å²) in [7, 11) is -3.61. The molecule has 5 atom stereocenters. The van der Waals surface area contributed by atoms with Gasteiger partial charge in [0.25, 0.3) is 11.8 Å². The topological polar surface area (TPSA) is 203 Å². The minimum atomic E-state index is -3.93. The average molecular weight is 808 g/mol. The Balaban J connectivity index is 1.19. The molecule has 56 heavy (non-hydrogen) atoms. The Morgan fingerprint density at radius 1 is 1.16 bits per heavy atom. The SMILES string of the molecule is C=C[C@@H]1C[C@]1(NC(=O)[C@@H]1C[C@@H](Oc2ncc(OC)c3ccc(Cl)cc23)CN1C(=O)[C@@H](NC(=O)c1ccc2c(c1)B(O)OC2)C(C)(C)C)C(=O)NS(=O)(=O)C1CC1. The number of benzene rings is 2. The van der Waals surface area contributed by atoms with Gasteiger partial charge in [-0.25, -0.2) is 13.4 Å². The maximum absolute atomic E-state index is 14.7. The van der Waals surface area contributed by atoms with Crippen molar-refractivity contribution in [1.82, 2.24) is 25.2 Å². The molecule has 0 bridgehead atoms. The minimum absolute atomic E-state index is 0.0440. The number of amides is 4. The lowest BCUT2D eigenvalue weighted by Crippen LogP contribution is -2.60. The number of nitrogens with zero attached hydrogens (tertiary/aromatic N) is 2. The second-order valence-electron chi connectivity index (χ2n) is 15.8. The summed E-state index contributed by atoms with van der Waals surface area (Å²) in [4.78, 5) is 62.2. The summed E-state index contributed by atoms with van der Waals surface area (Å²) in [6, 6.07) is 7.51. The summed E-state index contributed by atoms with van der Waals surface area (Å²) in [6.07, 6.45) is 3.10. The average Bonchev–Trinajstić information content (AvgIpc) is 4.06. The van der Waals surface area contributed by atoms with Crippen molar-refractivity contribution < 1.29 is 46.7 Å². The van der Waals surface area contributed by atoms with Crippen LogP contribution in [0.5, 0.6) is 11.6 Å². The standard InChI is InChI=1S/C38H43BClN5O10S/c1-6-22-16-38(22,36(49)44-56(51,52)25-10-11-25)43-33(47)29-15-24(55-34-27-14-23(40)9-12-26(27)30(53-5)17-41-34)18-45(29)35(48)31(37(2,3)4)42-32(46)20-7-8-21-19-54-39(50)28(21)13-20/h6-9,12-14,17,22,24-25,29,31,50H,1,10-11,15-16,18-19H2,2-5H3,(H,42,46)(H,43,47)(H,44,49)/t22-,24-,29+,31-,38-/m1/s1. The molecule has 296 valence electrons. The normalized spacial score (nSPS) is 23.6. The summed E-state index contributed by atoms with van der Waals surface area (Å²) in [5.74, 6) is -2.67. The van der Waals surface area contributed by atoms with E-state index in [0.29, 0.717) is 39.8 Å². The highest BCUT2D eigenvalue weighted by Crippen LogP contribution is 2.46. The largest absolute Gasteiger partial charge is 0.494 e. The van der Waals surface area contributed by atoms with E-state index in [1.165, 1.54) is 30.3 Å². The number of rotatable bonds is 12. The van der Waals surface area contributed by atoms with Gasteiger partial charge in [0.05, 0.1) is 31.7 Å². The van der Waals surface area contributed by atoms with E-state index in [9.17, 15) is 32.6 Å². The third-order valence-electron chi connectivity index (χ3n) is 10.8. The highest BCUT2D eigenvalue weighted by Gasteiger charge is 2.62. The summed E-state index contributed by atoms with van der Waals surface area (Å²) < 4.78 is 44.8. The first kappa shape index (κ1) is 39.5. The second kappa shape index (κ2) is 14.7. The fourth-order valence-electron chi connectivity index (χ4n) is 7.36. The first-order valence-corrected chi connectivity index (χ1v) is 20.2. The zero-order valence-electron chi connectivity index (χ0n) is 31.3. The number of hydrogen-bond donors (Lipinski definition) is 4. The molecule has 15 nitrogen and oxygen atoms in total. The molecule has 3 heterocycles. The minimum Gasteiger partial charge on any atom is -0.494 e. The van der Waals surface area contributed by atoms with Gasteiger partial charge in [0.2, 0.25) is 27.7 Å². The van der Waals surface area contributed by atoms with Crippen LogP contribution in [0.25, 0.3) is 10.8 Å². The molecule has 1 aromatic heterocycles. The highest BCUT2D eigenvalue weighted by molar-refractivity contribution is 7.91. The molecule has 3 fully saturated rings. The number of halogens is 1. The van der Waals surface area contributed by atoms with Gasteiger partial charge >= 0.3 is 7.12 Å². The Morgan fingerprint density at radius 3 is 2.57 bits per heavy atom. The van der Waals surface area contributed by atoms with E-state index < -0.39 is 81.1 Å². The molecule has 2 aliphatic carbocycles.